The average Bonchev–Trinajstić information content (AvgIpc) is 2.54. The molecule has 7 nitrogen and oxygen atoms in total. The first-order chi connectivity index (χ1) is 10.7. The number of hydrogen-bond acceptors (Lipinski definition) is 5. The summed E-state index contributed by atoms with van der Waals surface area (Å²) in [5.74, 6) is -0.0753. The summed E-state index contributed by atoms with van der Waals surface area (Å²) in [7, 11) is 0. The number of hydrogen-bond donors (Lipinski definition) is 2. The van der Waals surface area contributed by atoms with Crippen molar-refractivity contribution in [3.8, 4) is 5.75 Å². The second kappa shape index (κ2) is 7.72. The lowest BCUT2D eigenvalue weighted by Crippen LogP contribution is -2.28. The summed E-state index contributed by atoms with van der Waals surface area (Å²) in [6.07, 6.45) is 4.32. The average molecular weight is 300 g/mol. The van der Waals surface area contributed by atoms with Gasteiger partial charge in [-0.25, -0.2) is 4.98 Å². The van der Waals surface area contributed by atoms with Crippen LogP contribution in [0.25, 0.3) is 0 Å². The van der Waals surface area contributed by atoms with Gasteiger partial charge in [0.2, 0.25) is 0 Å². The first-order valence-electron chi connectivity index (χ1n) is 6.76. The van der Waals surface area contributed by atoms with E-state index in [4.69, 9.17) is 4.74 Å². The van der Waals surface area contributed by atoms with E-state index in [0.717, 1.165) is 0 Å². The number of aromatic nitrogens is 2. The Labute approximate surface area is 127 Å². The number of rotatable bonds is 6. The molecule has 0 atom stereocenters. The van der Waals surface area contributed by atoms with Gasteiger partial charge in [-0.05, 0) is 19.1 Å². The molecule has 0 unspecified atom stereocenters. The van der Waals surface area contributed by atoms with Gasteiger partial charge >= 0.3 is 0 Å². The molecule has 2 rings (SSSR count). The second-order valence-corrected chi connectivity index (χ2v) is 4.31. The van der Waals surface area contributed by atoms with Crippen molar-refractivity contribution >= 4 is 17.5 Å². The smallest absolute Gasteiger partial charge is 0.275 e. The molecule has 0 aliphatic rings. The topological polar surface area (TPSA) is 93.2 Å². The molecule has 2 amide bonds. The normalized spacial score (nSPS) is 9.86. The fraction of sp³-hybridized carbons (Fsp3) is 0.200. The van der Waals surface area contributed by atoms with Crippen LogP contribution in [0.3, 0.4) is 0 Å². The predicted molar refractivity (Wildman–Crippen MR) is 80.6 cm³/mol. The van der Waals surface area contributed by atoms with Crippen LogP contribution in [0.5, 0.6) is 5.75 Å². The lowest BCUT2D eigenvalue weighted by atomic mass is 10.3. The molecular formula is C15H16N4O3. The zero-order chi connectivity index (χ0) is 15.8. The van der Waals surface area contributed by atoms with Crippen molar-refractivity contribution in [2.75, 3.05) is 18.5 Å². The van der Waals surface area contributed by atoms with E-state index in [-0.39, 0.29) is 24.1 Å². The Balaban J connectivity index is 1.96. The first-order valence-corrected chi connectivity index (χ1v) is 6.76. The highest BCUT2D eigenvalue weighted by Gasteiger charge is 2.08. The molecule has 22 heavy (non-hydrogen) atoms. The molecule has 0 saturated carbocycles. The maximum atomic E-state index is 12.0. The van der Waals surface area contributed by atoms with Crippen molar-refractivity contribution in [2.24, 2.45) is 0 Å². The molecule has 2 aromatic rings. The minimum atomic E-state index is -0.367. The van der Waals surface area contributed by atoms with Crippen molar-refractivity contribution in [2.45, 2.75) is 6.92 Å². The highest BCUT2D eigenvalue weighted by molar-refractivity contribution is 6.02. The molecule has 1 heterocycles. The fourth-order valence-electron chi connectivity index (χ4n) is 1.67. The van der Waals surface area contributed by atoms with E-state index in [1.54, 1.807) is 24.3 Å². The van der Waals surface area contributed by atoms with Gasteiger partial charge in [-0.3, -0.25) is 14.6 Å². The maximum absolute atomic E-state index is 12.0. The van der Waals surface area contributed by atoms with Crippen molar-refractivity contribution < 1.29 is 14.3 Å². The van der Waals surface area contributed by atoms with Crippen LogP contribution in [0.2, 0.25) is 0 Å². The largest absolute Gasteiger partial charge is 0.484 e. The van der Waals surface area contributed by atoms with Crippen LogP contribution < -0.4 is 15.4 Å². The number of amides is 2. The molecule has 114 valence electrons. The number of nitrogens with zero attached hydrogens (tertiary/aromatic N) is 2. The van der Waals surface area contributed by atoms with E-state index in [0.29, 0.717) is 18.0 Å². The number of ether oxygens (including phenoxy) is 1. The SMILES string of the molecule is CCNC(=O)COc1cccc(NC(=O)c2cnccn2)c1. The molecule has 1 aromatic heterocycles. The molecule has 0 bridgehead atoms. The van der Waals surface area contributed by atoms with Crippen LogP contribution in [0.1, 0.15) is 17.4 Å². The molecule has 0 saturated heterocycles. The summed E-state index contributed by atoms with van der Waals surface area (Å²) < 4.78 is 5.36. The Morgan fingerprint density at radius 1 is 1.27 bits per heavy atom. The standard InChI is InChI=1S/C15H16N4O3/c1-2-17-14(20)10-22-12-5-3-4-11(8-12)19-15(21)13-9-16-6-7-18-13/h3-9H,2,10H2,1H3,(H,17,20)(H,19,21). The minimum Gasteiger partial charge on any atom is -0.484 e. The van der Waals surface area contributed by atoms with Crippen molar-refractivity contribution in [3.63, 3.8) is 0 Å². The Bertz CT molecular complexity index is 646. The molecule has 0 spiro atoms. The van der Waals surface area contributed by atoms with Gasteiger partial charge in [0.25, 0.3) is 11.8 Å². The van der Waals surface area contributed by atoms with Crippen LogP contribution in [-0.4, -0.2) is 34.9 Å². The summed E-state index contributed by atoms with van der Waals surface area (Å²) in [6.45, 7) is 2.31. The number of benzene rings is 1. The minimum absolute atomic E-state index is 0.0740. The molecule has 0 fully saturated rings. The van der Waals surface area contributed by atoms with Crippen LogP contribution in [0.4, 0.5) is 5.69 Å². The van der Waals surface area contributed by atoms with Gasteiger partial charge in [-0.2, -0.15) is 0 Å². The van der Waals surface area contributed by atoms with Gasteiger partial charge in [0.05, 0.1) is 6.20 Å². The van der Waals surface area contributed by atoms with Gasteiger partial charge in [0.15, 0.2) is 6.61 Å². The van der Waals surface area contributed by atoms with Crippen LogP contribution >= 0.6 is 0 Å². The fourth-order valence-corrected chi connectivity index (χ4v) is 1.67. The number of carbonyl (C=O) groups is 2. The van der Waals surface area contributed by atoms with E-state index < -0.39 is 0 Å². The zero-order valence-corrected chi connectivity index (χ0v) is 12.1. The third kappa shape index (κ3) is 4.55. The summed E-state index contributed by atoms with van der Waals surface area (Å²) in [5, 5.41) is 5.32. The molecule has 1 aromatic carbocycles. The van der Waals surface area contributed by atoms with E-state index in [2.05, 4.69) is 20.6 Å². The Hall–Kier alpha value is -2.96. The van der Waals surface area contributed by atoms with Gasteiger partial charge in [0, 0.05) is 30.7 Å². The molecule has 0 aliphatic heterocycles. The lowest BCUT2D eigenvalue weighted by Gasteiger charge is -2.09. The molecule has 2 N–H and O–H groups in total. The quantitative estimate of drug-likeness (QED) is 0.837. The number of anilines is 1. The number of carbonyl (C=O) groups excluding carboxylic acids is 2. The highest BCUT2D eigenvalue weighted by Crippen LogP contribution is 2.17. The van der Waals surface area contributed by atoms with Crippen molar-refractivity contribution in [3.05, 3.63) is 48.5 Å². The number of likely N-dealkylation sites (N-methyl/N-ethyl adjacent to an activating group) is 1. The Morgan fingerprint density at radius 2 is 2.14 bits per heavy atom. The summed E-state index contributed by atoms with van der Waals surface area (Å²) in [6, 6.07) is 6.78. The van der Waals surface area contributed by atoms with E-state index >= 15 is 0 Å². The van der Waals surface area contributed by atoms with Crippen LogP contribution in [-0.2, 0) is 4.79 Å². The predicted octanol–water partition coefficient (Wildman–Crippen LogP) is 1.24. The third-order valence-corrected chi connectivity index (χ3v) is 2.63. The second-order valence-electron chi connectivity index (χ2n) is 4.31. The molecular weight excluding hydrogens is 284 g/mol. The van der Waals surface area contributed by atoms with Crippen LogP contribution in [0.15, 0.2) is 42.9 Å². The monoisotopic (exact) mass is 300 g/mol. The Kier molecular flexibility index (Phi) is 5.42. The van der Waals surface area contributed by atoms with Gasteiger partial charge < -0.3 is 15.4 Å². The summed E-state index contributed by atoms with van der Waals surface area (Å²) >= 11 is 0. The third-order valence-electron chi connectivity index (χ3n) is 2.63. The van der Waals surface area contributed by atoms with E-state index in [1.165, 1.54) is 18.6 Å². The number of nitrogens with one attached hydrogen (secondary N) is 2. The van der Waals surface area contributed by atoms with E-state index in [9.17, 15) is 9.59 Å². The lowest BCUT2D eigenvalue weighted by molar-refractivity contribution is -0.122. The van der Waals surface area contributed by atoms with Crippen molar-refractivity contribution in [1.82, 2.24) is 15.3 Å². The first kappa shape index (κ1) is 15.4. The van der Waals surface area contributed by atoms with E-state index in [1.807, 2.05) is 6.92 Å². The Morgan fingerprint density at radius 3 is 2.86 bits per heavy atom. The van der Waals surface area contributed by atoms with Gasteiger partial charge in [0.1, 0.15) is 11.4 Å². The van der Waals surface area contributed by atoms with Gasteiger partial charge in [-0.1, -0.05) is 6.07 Å². The van der Waals surface area contributed by atoms with Gasteiger partial charge in [-0.15, -0.1) is 0 Å². The summed E-state index contributed by atoms with van der Waals surface area (Å²) in [5.41, 5.74) is 0.764. The molecule has 0 radical (unpaired) electrons. The molecule has 7 heteroatoms. The van der Waals surface area contributed by atoms with Crippen LogP contribution in [0, 0.1) is 0 Å². The highest BCUT2D eigenvalue weighted by atomic mass is 16.5. The summed E-state index contributed by atoms with van der Waals surface area (Å²) in [4.78, 5) is 31.1. The zero-order valence-electron chi connectivity index (χ0n) is 12.1. The maximum Gasteiger partial charge on any atom is 0.275 e. The molecule has 0 aliphatic carbocycles. The van der Waals surface area contributed by atoms with Crippen molar-refractivity contribution in [1.29, 1.82) is 0 Å².